The average Bonchev–Trinajstić information content (AvgIpc) is 2.35. The van der Waals surface area contributed by atoms with Gasteiger partial charge in [0.05, 0.1) is 0 Å². The van der Waals surface area contributed by atoms with Crippen LogP contribution < -0.4 is 0 Å². The van der Waals surface area contributed by atoms with Crippen LogP contribution in [0.3, 0.4) is 0 Å². The van der Waals surface area contributed by atoms with Crippen LogP contribution in [0, 0.1) is 0 Å². The highest BCUT2D eigenvalue weighted by atomic mass is 35.5. The molecule has 0 saturated carbocycles. The normalized spacial score (nSPS) is 12.5. The van der Waals surface area contributed by atoms with E-state index in [-0.39, 0.29) is 4.47 Å². The van der Waals surface area contributed by atoms with Gasteiger partial charge in [0, 0.05) is 0 Å². The van der Waals surface area contributed by atoms with E-state index in [1.54, 1.807) is 0 Å². The third kappa shape index (κ3) is 1.96. The summed E-state index contributed by atoms with van der Waals surface area (Å²) in [5.74, 6) is -4.19. The summed E-state index contributed by atoms with van der Waals surface area (Å²) in [5, 5.41) is 0. The molecule has 0 atom stereocenters. The van der Waals surface area contributed by atoms with Gasteiger partial charge < -0.3 is 0 Å². The van der Waals surface area contributed by atoms with E-state index in [0.717, 1.165) is 0 Å². The fourth-order valence-corrected chi connectivity index (χ4v) is 1.27. The Hall–Kier alpha value is 0.290. The second kappa shape index (κ2) is 3.57. The topological polar surface area (TPSA) is 25.8 Å². The molecule has 1 aromatic heterocycles. The first kappa shape index (κ1) is 10.4. The smallest absolute Gasteiger partial charge is 0.202 e. The summed E-state index contributed by atoms with van der Waals surface area (Å²) < 4.78 is 28.9. The highest BCUT2D eigenvalue weighted by Gasteiger charge is 2.43. The summed E-state index contributed by atoms with van der Waals surface area (Å²) in [7, 11) is 0. The van der Waals surface area contributed by atoms with E-state index in [9.17, 15) is 8.78 Å². The van der Waals surface area contributed by atoms with Crippen molar-refractivity contribution in [2.45, 2.75) is 10.8 Å². The van der Waals surface area contributed by atoms with Gasteiger partial charge in [0.1, 0.15) is 0 Å². The van der Waals surface area contributed by atoms with E-state index in [1.807, 2.05) is 0 Å². The third-order valence-electron chi connectivity index (χ3n) is 0.973. The van der Waals surface area contributed by atoms with E-state index >= 15 is 0 Å². The van der Waals surface area contributed by atoms with Gasteiger partial charge in [-0.15, -0.1) is 0 Å². The minimum Gasteiger partial charge on any atom is -0.202 e. The largest absolute Gasteiger partial charge is 0.337 e. The molecule has 0 N–H and O–H groups in total. The van der Waals surface area contributed by atoms with Crippen LogP contribution in [0.1, 0.15) is 5.82 Å². The quantitative estimate of drug-likeness (QED) is 0.757. The van der Waals surface area contributed by atoms with Crippen molar-refractivity contribution in [2.75, 3.05) is 0 Å². The Morgan fingerprint density at radius 1 is 1.42 bits per heavy atom. The van der Waals surface area contributed by atoms with Gasteiger partial charge in [0.25, 0.3) is 0 Å². The number of rotatable bonds is 2. The number of halogens is 5. The van der Waals surface area contributed by atoms with Crippen molar-refractivity contribution in [3.63, 3.8) is 0 Å². The lowest BCUT2D eigenvalue weighted by molar-refractivity contribution is 0.00248. The summed E-state index contributed by atoms with van der Waals surface area (Å²) in [6.45, 7) is 0. The molecule has 1 rings (SSSR count). The van der Waals surface area contributed by atoms with Gasteiger partial charge >= 0.3 is 5.92 Å². The van der Waals surface area contributed by atoms with Crippen molar-refractivity contribution in [2.24, 2.45) is 0 Å². The maximum atomic E-state index is 12.9. The predicted molar refractivity (Wildman–Crippen MR) is 44.3 cm³/mol. The molecule has 1 heterocycles. The van der Waals surface area contributed by atoms with Gasteiger partial charge in [0.15, 0.2) is 4.84 Å². The molecule has 1 aromatic rings. The predicted octanol–water partition coefficient (Wildman–Crippen LogP) is 3.09. The molecular weight excluding hydrogens is 252 g/mol. The monoisotopic (exact) mass is 252 g/mol. The molecule has 0 aromatic carbocycles. The first-order valence-corrected chi connectivity index (χ1v) is 4.62. The minimum atomic E-state index is -3.45. The molecule has 12 heavy (non-hydrogen) atoms. The van der Waals surface area contributed by atoms with E-state index in [1.165, 1.54) is 0 Å². The number of nitrogens with zero attached hydrogens (tertiary/aromatic N) is 2. The number of alkyl halides is 4. The molecule has 8 heteroatoms. The fourth-order valence-electron chi connectivity index (χ4n) is 0.438. The van der Waals surface area contributed by atoms with Crippen LogP contribution in [0.15, 0.2) is 0 Å². The van der Waals surface area contributed by atoms with Gasteiger partial charge in [-0.25, -0.2) is 4.98 Å². The lowest BCUT2D eigenvalue weighted by Crippen LogP contribution is -2.23. The summed E-state index contributed by atoms with van der Waals surface area (Å²) in [6, 6.07) is 0. The molecule has 68 valence electrons. The summed E-state index contributed by atoms with van der Waals surface area (Å²) in [6.07, 6.45) is 0. The van der Waals surface area contributed by atoms with Crippen molar-refractivity contribution >= 4 is 46.3 Å². The molecule has 0 aliphatic heterocycles. The Balaban J connectivity index is 2.97. The maximum absolute atomic E-state index is 12.9. The Kier molecular flexibility index (Phi) is 3.09. The standard InChI is InChI=1S/C4HCl3F2N2S/c5-1(6)4(8,9)2-10-3(7)12-11-2/h1H. The third-order valence-corrected chi connectivity index (χ3v) is 2.32. The van der Waals surface area contributed by atoms with E-state index in [2.05, 4.69) is 9.36 Å². The van der Waals surface area contributed by atoms with Gasteiger partial charge in [-0.3, -0.25) is 0 Å². The summed E-state index contributed by atoms with van der Waals surface area (Å²) >= 11 is 16.0. The lowest BCUT2D eigenvalue weighted by Gasteiger charge is -2.12. The van der Waals surface area contributed by atoms with Crippen molar-refractivity contribution in [1.82, 2.24) is 9.36 Å². The average molecular weight is 253 g/mol. The van der Waals surface area contributed by atoms with E-state index in [4.69, 9.17) is 34.8 Å². The number of hydrogen-bond donors (Lipinski definition) is 0. The summed E-state index contributed by atoms with van der Waals surface area (Å²) in [4.78, 5) is 1.39. The lowest BCUT2D eigenvalue weighted by atomic mass is 10.4. The maximum Gasteiger partial charge on any atom is 0.337 e. The molecule has 0 amide bonds. The van der Waals surface area contributed by atoms with Crippen LogP contribution in [0.4, 0.5) is 8.78 Å². The van der Waals surface area contributed by atoms with Gasteiger partial charge in [-0.05, 0) is 23.1 Å². The van der Waals surface area contributed by atoms with Crippen LogP contribution in [-0.2, 0) is 5.92 Å². The van der Waals surface area contributed by atoms with Gasteiger partial charge in [-0.1, -0.05) is 23.2 Å². The molecule has 0 aliphatic carbocycles. The molecule has 0 radical (unpaired) electrons. The molecule has 0 fully saturated rings. The van der Waals surface area contributed by atoms with Crippen LogP contribution in [0.2, 0.25) is 4.47 Å². The van der Waals surface area contributed by atoms with Crippen LogP contribution in [0.25, 0.3) is 0 Å². The summed E-state index contributed by atoms with van der Waals surface area (Å²) in [5.41, 5.74) is 0. The zero-order chi connectivity index (χ0) is 9.35. The Labute approximate surface area is 85.6 Å². The second-order valence-electron chi connectivity index (χ2n) is 1.79. The van der Waals surface area contributed by atoms with Crippen molar-refractivity contribution in [3.05, 3.63) is 10.3 Å². The van der Waals surface area contributed by atoms with Crippen molar-refractivity contribution < 1.29 is 8.78 Å². The SMILES string of the molecule is FC(F)(c1nsc(Cl)n1)C(Cl)Cl. The first-order valence-electron chi connectivity index (χ1n) is 2.60. The van der Waals surface area contributed by atoms with Crippen molar-refractivity contribution in [1.29, 1.82) is 0 Å². The molecule has 0 spiro atoms. The fraction of sp³-hybridized carbons (Fsp3) is 0.500. The number of aromatic nitrogens is 2. The molecule has 0 bridgehead atoms. The highest BCUT2D eigenvalue weighted by molar-refractivity contribution is 7.10. The van der Waals surface area contributed by atoms with E-state index in [0.29, 0.717) is 11.5 Å². The molecule has 0 saturated heterocycles. The van der Waals surface area contributed by atoms with Gasteiger partial charge in [0.2, 0.25) is 10.3 Å². The Bertz CT molecular complexity index is 277. The van der Waals surface area contributed by atoms with Crippen LogP contribution in [0.5, 0.6) is 0 Å². The first-order chi connectivity index (χ1) is 5.44. The van der Waals surface area contributed by atoms with Crippen LogP contribution in [-0.4, -0.2) is 14.2 Å². The Morgan fingerprint density at radius 3 is 2.33 bits per heavy atom. The van der Waals surface area contributed by atoms with Gasteiger partial charge in [-0.2, -0.15) is 13.2 Å². The molecule has 0 unspecified atom stereocenters. The second-order valence-corrected chi connectivity index (χ2v) is 4.22. The van der Waals surface area contributed by atoms with Crippen LogP contribution >= 0.6 is 46.3 Å². The molecule has 2 nitrogen and oxygen atoms in total. The van der Waals surface area contributed by atoms with Crippen molar-refractivity contribution in [3.8, 4) is 0 Å². The number of hydrogen-bond acceptors (Lipinski definition) is 3. The molecule has 0 aliphatic rings. The zero-order valence-corrected chi connectivity index (χ0v) is 8.35. The Morgan fingerprint density at radius 2 is 2.00 bits per heavy atom. The van der Waals surface area contributed by atoms with E-state index < -0.39 is 16.6 Å². The zero-order valence-electron chi connectivity index (χ0n) is 5.27. The minimum absolute atomic E-state index is 0.0707. The molecular formula is C4HCl3F2N2S. The highest BCUT2D eigenvalue weighted by Crippen LogP contribution is 2.36.